The van der Waals surface area contributed by atoms with E-state index in [1.807, 2.05) is 24.3 Å². The van der Waals surface area contributed by atoms with Crippen LogP contribution < -0.4 is 5.32 Å². The Balaban J connectivity index is 2.55. The first kappa shape index (κ1) is 9.15. The van der Waals surface area contributed by atoms with Gasteiger partial charge < -0.3 is 5.32 Å². The van der Waals surface area contributed by atoms with E-state index in [0.29, 0.717) is 12.2 Å². The largest absolute Gasteiger partial charge is 0.313 e. The van der Waals surface area contributed by atoms with E-state index in [0.717, 1.165) is 15.4 Å². The van der Waals surface area contributed by atoms with E-state index in [2.05, 4.69) is 26.2 Å². The molecular formula is C10H7BrN2O. The number of carbonyl (C=O) groups is 1. The fourth-order valence-electron chi connectivity index (χ4n) is 1.24. The summed E-state index contributed by atoms with van der Waals surface area (Å²) >= 11 is 3.38. The maximum absolute atomic E-state index is 10.2. The minimum atomic E-state index is 0.565. The number of aromatic nitrogens is 1. The zero-order valence-corrected chi connectivity index (χ0v) is 8.78. The quantitative estimate of drug-likeness (QED) is 0.833. The molecule has 1 heterocycles. The molecule has 1 aromatic carbocycles. The van der Waals surface area contributed by atoms with E-state index in [4.69, 9.17) is 0 Å². The van der Waals surface area contributed by atoms with Crippen molar-refractivity contribution < 1.29 is 4.79 Å². The minimum Gasteiger partial charge on any atom is -0.313 e. The SMILES string of the molecule is O=CNc1ccc2cc(Br)ccc2n1. The van der Waals surface area contributed by atoms with Gasteiger partial charge in [-0.25, -0.2) is 4.98 Å². The Morgan fingerprint density at radius 2 is 2.14 bits per heavy atom. The third-order valence-electron chi connectivity index (χ3n) is 1.86. The molecule has 0 saturated heterocycles. The van der Waals surface area contributed by atoms with Gasteiger partial charge in [0.15, 0.2) is 0 Å². The number of amides is 1. The molecular weight excluding hydrogens is 244 g/mol. The summed E-state index contributed by atoms with van der Waals surface area (Å²) < 4.78 is 1.02. The van der Waals surface area contributed by atoms with Crippen LogP contribution in [-0.2, 0) is 4.79 Å². The zero-order chi connectivity index (χ0) is 9.97. The minimum absolute atomic E-state index is 0.565. The number of halogens is 1. The molecule has 0 fully saturated rings. The predicted molar refractivity (Wildman–Crippen MR) is 59.1 cm³/mol. The Bertz CT molecular complexity index is 485. The van der Waals surface area contributed by atoms with Crippen LogP contribution in [0.5, 0.6) is 0 Å². The first-order valence-electron chi connectivity index (χ1n) is 4.06. The number of hydrogen-bond donors (Lipinski definition) is 1. The number of carbonyl (C=O) groups excluding carboxylic acids is 1. The highest BCUT2D eigenvalue weighted by molar-refractivity contribution is 9.10. The summed E-state index contributed by atoms with van der Waals surface area (Å²) in [7, 11) is 0. The number of rotatable bonds is 2. The normalized spacial score (nSPS) is 10.1. The summed E-state index contributed by atoms with van der Waals surface area (Å²) in [6, 6.07) is 9.48. The van der Waals surface area contributed by atoms with Gasteiger partial charge >= 0.3 is 0 Å². The molecule has 2 aromatic rings. The average molecular weight is 251 g/mol. The van der Waals surface area contributed by atoms with E-state index in [9.17, 15) is 4.79 Å². The van der Waals surface area contributed by atoms with Crippen molar-refractivity contribution in [3.8, 4) is 0 Å². The van der Waals surface area contributed by atoms with Crippen molar-refractivity contribution in [2.24, 2.45) is 0 Å². The molecule has 70 valence electrons. The van der Waals surface area contributed by atoms with Gasteiger partial charge in [-0.05, 0) is 30.3 Å². The number of hydrogen-bond acceptors (Lipinski definition) is 2. The standard InChI is InChI=1S/C10H7BrN2O/c11-8-2-3-9-7(5-8)1-4-10(13-9)12-6-14/h1-6H,(H,12,13,14). The Labute approximate surface area is 89.3 Å². The van der Waals surface area contributed by atoms with E-state index in [1.165, 1.54) is 0 Å². The second-order valence-electron chi connectivity index (χ2n) is 2.80. The lowest BCUT2D eigenvalue weighted by atomic mass is 10.2. The van der Waals surface area contributed by atoms with Crippen LogP contribution in [0.2, 0.25) is 0 Å². The molecule has 0 saturated carbocycles. The highest BCUT2D eigenvalue weighted by atomic mass is 79.9. The summed E-state index contributed by atoms with van der Waals surface area (Å²) in [6.07, 6.45) is 0.618. The van der Waals surface area contributed by atoms with Crippen molar-refractivity contribution in [1.82, 2.24) is 4.98 Å². The van der Waals surface area contributed by atoms with Gasteiger partial charge in [-0.1, -0.05) is 15.9 Å². The van der Waals surface area contributed by atoms with Crippen molar-refractivity contribution in [2.75, 3.05) is 5.32 Å². The number of nitrogens with zero attached hydrogens (tertiary/aromatic N) is 1. The summed E-state index contributed by atoms with van der Waals surface area (Å²) in [6.45, 7) is 0. The number of benzene rings is 1. The van der Waals surface area contributed by atoms with E-state index in [1.54, 1.807) is 6.07 Å². The molecule has 0 atom stereocenters. The van der Waals surface area contributed by atoms with Crippen LogP contribution in [0.25, 0.3) is 10.9 Å². The fraction of sp³-hybridized carbons (Fsp3) is 0. The molecule has 1 amide bonds. The molecule has 4 heteroatoms. The molecule has 2 rings (SSSR count). The van der Waals surface area contributed by atoms with Gasteiger partial charge in [-0.2, -0.15) is 0 Å². The molecule has 0 aliphatic heterocycles. The smallest absolute Gasteiger partial charge is 0.212 e. The van der Waals surface area contributed by atoms with Gasteiger partial charge in [-0.15, -0.1) is 0 Å². The van der Waals surface area contributed by atoms with Crippen LogP contribution in [0.4, 0.5) is 5.82 Å². The van der Waals surface area contributed by atoms with Crippen molar-refractivity contribution in [2.45, 2.75) is 0 Å². The Hall–Kier alpha value is -1.42. The maximum Gasteiger partial charge on any atom is 0.212 e. The van der Waals surface area contributed by atoms with Crippen molar-refractivity contribution in [3.63, 3.8) is 0 Å². The topological polar surface area (TPSA) is 42.0 Å². The fourth-order valence-corrected chi connectivity index (χ4v) is 1.62. The molecule has 0 aliphatic carbocycles. The molecule has 1 aromatic heterocycles. The predicted octanol–water partition coefficient (Wildman–Crippen LogP) is 2.57. The van der Waals surface area contributed by atoms with Gasteiger partial charge in [0.05, 0.1) is 5.52 Å². The summed E-state index contributed by atoms with van der Waals surface area (Å²) in [5.74, 6) is 0.565. The average Bonchev–Trinajstić information content (AvgIpc) is 2.19. The van der Waals surface area contributed by atoms with Crippen LogP contribution in [0.3, 0.4) is 0 Å². The van der Waals surface area contributed by atoms with Gasteiger partial charge in [0.25, 0.3) is 0 Å². The van der Waals surface area contributed by atoms with Crippen molar-refractivity contribution in [1.29, 1.82) is 0 Å². The summed E-state index contributed by atoms with van der Waals surface area (Å²) in [5, 5.41) is 3.55. The molecule has 0 aliphatic rings. The molecule has 0 unspecified atom stereocenters. The summed E-state index contributed by atoms with van der Waals surface area (Å²) in [4.78, 5) is 14.4. The Morgan fingerprint density at radius 3 is 2.93 bits per heavy atom. The molecule has 0 spiro atoms. The second kappa shape index (κ2) is 3.75. The second-order valence-corrected chi connectivity index (χ2v) is 3.71. The maximum atomic E-state index is 10.2. The Kier molecular flexibility index (Phi) is 2.45. The molecule has 14 heavy (non-hydrogen) atoms. The Morgan fingerprint density at radius 1 is 1.29 bits per heavy atom. The lowest BCUT2D eigenvalue weighted by Crippen LogP contribution is -1.96. The first-order chi connectivity index (χ1) is 6.79. The van der Waals surface area contributed by atoms with Crippen LogP contribution in [-0.4, -0.2) is 11.4 Å². The highest BCUT2D eigenvalue weighted by Crippen LogP contribution is 2.19. The lowest BCUT2D eigenvalue weighted by Gasteiger charge is -2.01. The first-order valence-corrected chi connectivity index (χ1v) is 4.85. The van der Waals surface area contributed by atoms with Gasteiger partial charge in [0, 0.05) is 9.86 Å². The third-order valence-corrected chi connectivity index (χ3v) is 2.35. The van der Waals surface area contributed by atoms with Gasteiger partial charge in [-0.3, -0.25) is 4.79 Å². The highest BCUT2D eigenvalue weighted by Gasteiger charge is 1.97. The van der Waals surface area contributed by atoms with Crippen molar-refractivity contribution in [3.05, 3.63) is 34.8 Å². The van der Waals surface area contributed by atoms with E-state index < -0.39 is 0 Å². The number of pyridine rings is 1. The molecule has 3 nitrogen and oxygen atoms in total. The van der Waals surface area contributed by atoms with Crippen LogP contribution in [0.15, 0.2) is 34.8 Å². The van der Waals surface area contributed by atoms with Crippen LogP contribution >= 0.6 is 15.9 Å². The number of nitrogens with one attached hydrogen (secondary N) is 1. The molecule has 1 N–H and O–H groups in total. The van der Waals surface area contributed by atoms with E-state index in [-0.39, 0.29) is 0 Å². The third kappa shape index (κ3) is 1.75. The van der Waals surface area contributed by atoms with Crippen LogP contribution in [0, 0.1) is 0 Å². The monoisotopic (exact) mass is 250 g/mol. The van der Waals surface area contributed by atoms with Crippen molar-refractivity contribution >= 4 is 39.1 Å². The zero-order valence-electron chi connectivity index (χ0n) is 7.20. The number of anilines is 1. The molecule has 0 bridgehead atoms. The van der Waals surface area contributed by atoms with Gasteiger partial charge in [0.2, 0.25) is 6.41 Å². The van der Waals surface area contributed by atoms with E-state index >= 15 is 0 Å². The molecule has 0 radical (unpaired) electrons. The van der Waals surface area contributed by atoms with Gasteiger partial charge in [0.1, 0.15) is 5.82 Å². The number of fused-ring (bicyclic) bond motifs is 1. The summed E-state index contributed by atoms with van der Waals surface area (Å²) in [5.41, 5.74) is 0.861. The lowest BCUT2D eigenvalue weighted by molar-refractivity contribution is -0.105. The van der Waals surface area contributed by atoms with Crippen LogP contribution in [0.1, 0.15) is 0 Å².